The summed E-state index contributed by atoms with van der Waals surface area (Å²) in [4.78, 5) is 4.67. The van der Waals surface area contributed by atoms with E-state index in [2.05, 4.69) is 34.6 Å². The third-order valence-electron chi connectivity index (χ3n) is 4.03. The van der Waals surface area contributed by atoms with E-state index in [1.807, 2.05) is 30.8 Å². The van der Waals surface area contributed by atoms with Crippen molar-refractivity contribution in [3.8, 4) is 0 Å². The fourth-order valence-electron chi connectivity index (χ4n) is 2.63. The molecule has 0 radical (unpaired) electrons. The predicted octanol–water partition coefficient (Wildman–Crippen LogP) is 4.26. The second-order valence-corrected chi connectivity index (χ2v) is 6.80. The van der Waals surface area contributed by atoms with Crippen molar-refractivity contribution in [1.29, 1.82) is 0 Å². The number of rotatable bonds is 6. The number of aryl methyl sites for hydroxylation is 2. The molecule has 0 atom stereocenters. The van der Waals surface area contributed by atoms with Crippen molar-refractivity contribution < 1.29 is 0 Å². The monoisotopic (exact) mass is 509 g/mol. The lowest BCUT2D eigenvalue weighted by Gasteiger charge is -2.12. The fraction of sp³-hybridized carbons (Fsp3) is 0.444. The Labute approximate surface area is 182 Å². The molecular weight excluding hydrogens is 484 g/mol. The smallest absolute Gasteiger partial charge is 0.191 e. The summed E-state index contributed by atoms with van der Waals surface area (Å²) in [6, 6.07) is 5.60. The van der Waals surface area contributed by atoms with E-state index in [0.717, 1.165) is 42.4 Å². The van der Waals surface area contributed by atoms with Crippen LogP contribution in [0.2, 0.25) is 10.0 Å². The molecule has 2 aromatic rings. The summed E-state index contributed by atoms with van der Waals surface area (Å²) in [6.07, 6.45) is 0.815. The Kier molecular flexibility index (Phi) is 9.74. The van der Waals surface area contributed by atoms with Gasteiger partial charge < -0.3 is 10.6 Å². The van der Waals surface area contributed by atoms with Gasteiger partial charge in [-0.25, -0.2) is 4.99 Å². The maximum Gasteiger partial charge on any atom is 0.191 e. The number of benzene rings is 1. The van der Waals surface area contributed by atoms with Crippen LogP contribution in [-0.2, 0) is 20.0 Å². The first-order valence-electron chi connectivity index (χ1n) is 8.37. The van der Waals surface area contributed by atoms with Gasteiger partial charge in [-0.15, -0.1) is 24.0 Å². The van der Waals surface area contributed by atoms with E-state index in [1.54, 1.807) is 6.07 Å². The van der Waals surface area contributed by atoms with Crippen LogP contribution >= 0.6 is 47.2 Å². The first-order chi connectivity index (χ1) is 11.9. The van der Waals surface area contributed by atoms with Gasteiger partial charge in [0.1, 0.15) is 0 Å². The molecule has 5 nitrogen and oxygen atoms in total. The van der Waals surface area contributed by atoms with Crippen molar-refractivity contribution in [3.63, 3.8) is 0 Å². The number of guanidine groups is 1. The van der Waals surface area contributed by atoms with Gasteiger partial charge in [0.15, 0.2) is 5.96 Å². The van der Waals surface area contributed by atoms with Gasteiger partial charge in [-0.05, 0) is 51.0 Å². The summed E-state index contributed by atoms with van der Waals surface area (Å²) in [5.41, 5.74) is 4.43. The van der Waals surface area contributed by atoms with Gasteiger partial charge in [0.2, 0.25) is 0 Å². The van der Waals surface area contributed by atoms with Crippen molar-refractivity contribution in [3.05, 3.63) is 50.8 Å². The standard InChI is InChI=1S/C18H25Cl2N5.HI/c1-5-21-18(23-11-17-12(2)24-25(4)13(17)3)22-7-6-14-8-15(19)10-16(20)9-14;/h8-10H,5-7,11H2,1-4H3,(H2,21,22,23);1H. The van der Waals surface area contributed by atoms with Crippen LogP contribution in [0.5, 0.6) is 0 Å². The number of nitrogens with zero attached hydrogens (tertiary/aromatic N) is 3. The van der Waals surface area contributed by atoms with Gasteiger partial charge in [0.25, 0.3) is 0 Å². The summed E-state index contributed by atoms with van der Waals surface area (Å²) in [7, 11) is 1.95. The highest BCUT2D eigenvalue weighted by Crippen LogP contribution is 2.19. The zero-order valence-corrected chi connectivity index (χ0v) is 19.4. The largest absolute Gasteiger partial charge is 0.357 e. The number of hydrogen-bond acceptors (Lipinski definition) is 2. The van der Waals surface area contributed by atoms with Crippen LogP contribution in [0.25, 0.3) is 0 Å². The molecule has 144 valence electrons. The zero-order valence-electron chi connectivity index (χ0n) is 15.6. The molecule has 0 amide bonds. The van der Waals surface area contributed by atoms with E-state index in [9.17, 15) is 0 Å². The molecule has 1 heterocycles. The van der Waals surface area contributed by atoms with Gasteiger partial charge in [0.05, 0.1) is 12.2 Å². The average Bonchev–Trinajstić information content (AvgIpc) is 2.77. The molecule has 0 aliphatic rings. The van der Waals surface area contributed by atoms with Crippen LogP contribution < -0.4 is 10.6 Å². The molecule has 0 fully saturated rings. The van der Waals surface area contributed by atoms with Crippen LogP contribution in [0, 0.1) is 13.8 Å². The fourth-order valence-corrected chi connectivity index (χ4v) is 3.20. The molecule has 0 bridgehead atoms. The van der Waals surface area contributed by atoms with Crippen molar-refractivity contribution in [2.24, 2.45) is 12.0 Å². The Balaban J connectivity index is 0.00000338. The van der Waals surface area contributed by atoms with Crippen LogP contribution in [0.15, 0.2) is 23.2 Å². The van der Waals surface area contributed by atoms with Crippen LogP contribution in [-0.4, -0.2) is 28.8 Å². The van der Waals surface area contributed by atoms with Crippen molar-refractivity contribution >= 4 is 53.1 Å². The van der Waals surface area contributed by atoms with Crippen molar-refractivity contribution in [2.45, 2.75) is 33.7 Å². The minimum absolute atomic E-state index is 0. The van der Waals surface area contributed by atoms with Gasteiger partial charge >= 0.3 is 0 Å². The molecule has 0 spiro atoms. The highest BCUT2D eigenvalue weighted by Gasteiger charge is 2.09. The lowest BCUT2D eigenvalue weighted by atomic mass is 10.1. The number of hydrogen-bond donors (Lipinski definition) is 2. The predicted molar refractivity (Wildman–Crippen MR) is 121 cm³/mol. The summed E-state index contributed by atoms with van der Waals surface area (Å²) < 4.78 is 1.89. The zero-order chi connectivity index (χ0) is 18.4. The highest BCUT2D eigenvalue weighted by molar-refractivity contribution is 14.0. The van der Waals surface area contributed by atoms with Gasteiger partial charge in [-0.3, -0.25) is 4.68 Å². The Morgan fingerprint density at radius 3 is 2.35 bits per heavy atom. The van der Waals surface area contributed by atoms with E-state index >= 15 is 0 Å². The molecule has 0 aliphatic carbocycles. The third kappa shape index (κ3) is 6.63. The molecule has 1 aromatic carbocycles. The maximum atomic E-state index is 6.04. The normalized spacial score (nSPS) is 11.2. The van der Waals surface area contributed by atoms with Crippen LogP contribution in [0.3, 0.4) is 0 Å². The van der Waals surface area contributed by atoms with E-state index in [-0.39, 0.29) is 24.0 Å². The van der Waals surface area contributed by atoms with E-state index < -0.39 is 0 Å². The van der Waals surface area contributed by atoms with Crippen molar-refractivity contribution in [2.75, 3.05) is 13.1 Å². The topological polar surface area (TPSA) is 54.2 Å². The first-order valence-corrected chi connectivity index (χ1v) is 9.12. The Bertz CT molecular complexity index is 738. The third-order valence-corrected chi connectivity index (χ3v) is 4.46. The average molecular weight is 510 g/mol. The molecule has 0 unspecified atom stereocenters. The van der Waals surface area contributed by atoms with Crippen LogP contribution in [0.4, 0.5) is 0 Å². The molecule has 1 aromatic heterocycles. The number of nitrogens with one attached hydrogen (secondary N) is 2. The Hall–Kier alpha value is -0.990. The minimum atomic E-state index is 0. The molecule has 0 saturated carbocycles. The summed E-state index contributed by atoms with van der Waals surface area (Å²) >= 11 is 12.1. The number of aromatic nitrogens is 2. The lowest BCUT2D eigenvalue weighted by Crippen LogP contribution is -2.38. The Morgan fingerprint density at radius 2 is 1.81 bits per heavy atom. The molecule has 26 heavy (non-hydrogen) atoms. The molecule has 2 rings (SSSR count). The lowest BCUT2D eigenvalue weighted by molar-refractivity contribution is 0.730. The second-order valence-electron chi connectivity index (χ2n) is 5.92. The minimum Gasteiger partial charge on any atom is -0.357 e. The maximum absolute atomic E-state index is 6.04. The Morgan fingerprint density at radius 1 is 1.15 bits per heavy atom. The first kappa shape index (κ1) is 23.0. The molecule has 0 saturated heterocycles. The molecular formula is C18H26Cl2IN5. The number of aliphatic imine (C=N–C) groups is 1. The quantitative estimate of drug-likeness (QED) is 0.347. The van der Waals surface area contributed by atoms with Crippen LogP contribution in [0.1, 0.15) is 29.4 Å². The highest BCUT2D eigenvalue weighted by atomic mass is 127. The number of halogens is 3. The summed E-state index contributed by atoms with van der Waals surface area (Å²) in [6.45, 7) is 8.28. The van der Waals surface area contributed by atoms with E-state index in [4.69, 9.17) is 23.2 Å². The molecule has 8 heteroatoms. The SMILES string of the molecule is CCNC(=NCc1c(C)nn(C)c1C)NCCc1cc(Cl)cc(Cl)c1.I. The van der Waals surface area contributed by atoms with E-state index in [0.29, 0.717) is 16.6 Å². The molecule has 2 N–H and O–H groups in total. The summed E-state index contributed by atoms with van der Waals surface area (Å²) in [5.74, 6) is 0.790. The summed E-state index contributed by atoms with van der Waals surface area (Å²) in [5, 5.41) is 12.4. The van der Waals surface area contributed by atoms with Gasteiger partial charge in [-0.2, -0.15) is 5.10 Å². The van der Waals surface area contributed by atoms with Gasteiger partial charge in [0, 0.05) is 41.4 Å². The van der Waals surface area contributed by atoms with Gasteiger partial charge in [-0.1, -0.05) is 23.2 Å². The second kappa shape index (κ2) is 11.0. The van der Waals surface area contributed by atoms with Crippen molar-refractivity contribution in [1.82, 2.24) is 20.4 Å². The molecule has 0 aliphatic heterocycles. The van der Waals surface area contributed by atoms with E-state index in [1.165, 1.54) is 5.56 Å².